The van der Waals surface area contributed by atoms with Crippen LogP contribution in [0.1, 0.15) is 17.3 Å². The second kappa shape index (κ2) is 5.18. The van der Waals surface area contributed by atoms with Crippen LogP contribution in [0, 0.1) is 0 Å². The molecule has 0 heterocycles. The molecule has 0 aliphatic rings. The highest BCUT2D eigenvalue weighted by Gasteiger charge is 2.15. The third kappa shape index (κ3) is 3.20. The van der Waals surface area contributed by atoms with Crippen molar-refractivity contribution < 1.29 is 13.2 Å². The first-order chi connectivity index (χ1) is 7.90. The summed E-state index contributed by atoms with van der Waals surface area (Å²) in [6.07, 6.45) is 1.16. The number of sulfonamides is 1. The SMILES string of the molecule is CCN(c1ccc(C(=O)NC)cc1)S(C)(=O)=O. The summed E-state index contributed by atoms with van der Waals surface area (Å²) >= 11 is 0. The summed E-state index contributed by atoms with van der Waals surface area (Å²) in [5.41, 5.74) is 1.06. The van der Waals surface area contributed by atoms with E-state index in [0.29, 0.717) is 17.8 Å². The topological polar surface area (TPSA) is 66.5 Å². The quantitative estimate of drug-likeness (QED) is 0.867. The van der Waals surface area contributed by atoms with Crippen LogP contribution in [0.5, 0.6) is 0 Å². The molecule has 0 atom stereocenters. The van der Waals surface area contributed by atoms with Crippen LogP contribution < -0.4 is 9.62 Å². The number of hydrogen-bond acceptors (Lipinski definition) is 3. The maximum atomic E-state index is 11.5. The van der Waals surface area contributed by atoms with E-state index in [1.165, 1.54) is 4.31 Å². The molecule has 0 saturated carbocycles. The van der Waals surface area contributed by atoms with Gasteiger partial charge in [0.2, 0.25) is 10.0 Å². The Morgan fingerprint density at radius 3 is 2.18 bits per heavy atom. The van der Waals surface area contributed by atoms with Crippen molar-refractivity contribution in [3.63, 3.8) is 0 Å². The maximum Gasteiger partial charge on any atom is 0.251 e. The minimum Gasteiger partial charge on any atom is -0.355 e. The molecule has 1 amide bonds. The lowest BCUT2D eigenvalue weighted by Crippen LogP contribution is -2.29. The monoisotopic (exact) mass is 256 g/mol. The summed E-state index contributed by atoms with van der Waals surface area (Å²) in [6, 6.07) is 6.44. The van der Waals surface area contributed by atoms with Gasteiger partial charge in [-0.1, -0.05) is 0 Å². The molecule has 0 spiro atoms. The highest BCUT2D eigenvalue weighted by atomic mass is 32.2. The Morgan fingerprint density at radius 2 is 1.82 bits per heavy atom. The van der Waals surface area contributed by atoms with Gasteiger partial charge in [-0.25, -0.2) is 8.42 Å². The minimum atomic E-state index is -3.27. The van der Waals surface area contributed by atoms with Crippen molar-refractivity contribution in [2.45, 2.75) is 6.92 Å². The third-order valence-electron chi connectivity index (χ3n) is 2.33. The summed E-state index contributed by atoms with van der Waals surface area (Å²) in [7, 11) is -1.73. The lowest BCUT2D eigenvalue weighted by atomic mass is 10.2. The van der Waals surface area contributed by atoms with E-state index in [4.69, 9.17) is 0 Å². The molecule has 1 aromatic carbocycles. The van der Waals surface area contributed by atoms with Gasteiger partial charge in [0.05, 0.1) is 11.9 Å². The molecule has 0 aliphatic carbocycles. The van der Waals surface area contributed by atoms with Gasteiger partial charge in [0.25, 0.3) is 5.91 Å². The standard InChI is InChI=1S/C11H16N2O3S/c1-4-13(17(3,15)16)10-7-5-9(6-8-10)11(14)12-2/h5-8H,4H2,1-3H3,(H,12,14). The van der Waals surface area contributed by atoms with E-state index in [2.05, 4.69) is 5.32 Å². The van der Waals surface area contributed by atoms with Gasteiger partial charge in [-0.15, -0.1) is 0 Å². The van der Waals surface area contributed by atoms with Crippen LogP contribution in [0.4, 0.5) is 5.69 Å². The van der Waals surface area contributed by atoms with E-state index in [-0.39, 0.29) is 5.91 Å². The van der Waals surface area contributed by atoms with E-state index in [1.807, 2.05) is 0 Å². The fourth-order valence-electron chi connectivity index (χ4n) is 1.53. The zero-order valence-corrected chi connectivity index (χ0v) is 10.9. The Labute approximate surface area is 101 Å². The number of carbonyl (C=O) groups excluding carboxylic acids is 1. The number of nitrogens with zero attached hydrogens (tertiary/aromatic N) is 1. The summed E-state index contributed by atoms with van der Waals surface area (Å²) < 4.78 is 24.2. The summed E-state index contributed by atoms with van der Waals surface area (Å²) in [5, 5.41) is 2.50. The molecule has 0 unspecified atom stereocenters. The molecular weight excluding hydrogens is 240 g/mol. The Kier molecular flexibility index (Phi) is 4.11. The minimum absolute atomic E-state index is 0.195. The molecule has 0 aromatic heterocycles. The number of rotatable bonds is 4. The number of carbonyl (C=O) groups is 1. The average Bonchev–Trinajstić information content (AvgIpc) is 2.28. The van der Waals surface area contributed by atoms with E-state index in [9.17, 15) is 13.2 Å². The van der Waals surface area contributed by atoms with Gasteiger partial charge < -0.3 is 5.32 Å². The average molecular weight is 256 g/mol. The van der Waals surface area contributed by atoms with Crippen LogP contribution in [0.2, 0.25) is 0 Å². The van der Waals surface area contributed by atoms with Crippen molar-refractivity contribution in [2.24, 2.45) is 0 Å². The molecule has 0 aliphatic heterocycles. The zero-order valence-electron chi connectivity index (χ0n) is 10.1. The molecule has 17 heavy (non-hydrogen) atoms. The Morgan fingerprint density at radius 1 is 1.29 bits per heavy atom. The fraction of sp³-hybridized carbons (Fsp3) is 0.364. The van der Waals surface area contributed by atoms with Crippen molar-refractivity contribution in [3.05, 3.63) is 29.8 Å². The molecule has 0 radical (unpaired) electrons. The van der Waals surface area contributed by atoms with E-state index in [1.54, 1.807) is 38.2 Å². The van der Waals surface area contributed by atoms with Crippen molar-refractivity contribution in [1.29, 1.82) is 0 Å². The first-order valence-electron chi connectivity index (χ1n) is 5.20. The van der Waals surface area contributed by atoms with Gasteiger partial charge in [0.15, 0.2) is 0 Å². The Bertz CT molecular complexity index is 494. The summed E-state index contributed by atoms with van der Waals surface area (Å²) in [6.45, 7) is 2.12. The first kappa shape index (κ1) is 13.5. The van der Waals surface area contributed by atoms with Gasteiger partial charge in [0.1, 0.15) is 0 Å². The van der Waals surface area contributed by atoms with E-state index >= 15 is 0 Å². The summed E-state index contributed by atoms with van der Waals surface area (Å²) in [5.74, 6) is -0.195. The smallest absolute Gasteiger partial charge is 0.251 e. The van der Waals surface area contributed by atoms with E-state index in [0.717, 1.165) is 6.26 Å². The van der Waals surface area contributed by atoms with Crippen LogP contribution in [-0.2, 0) is 10.0 Å². The second-order valence-electron chi connectivity index (χ2n) is 3.55. The predicted molar refractivity (Wildman–Crippen MR) is 67.7 cm³/mol. The molecule has 1 N–H and O–H groups in total. The largest absolute Gasteiger partial charge is 0.355 e. The van der Waals surface area contributed by atoms with Crippen LogP contribution >= 0.6 is 0 Å². The predicted octanol–water partition coefficient (Wildman–Crippen LogP) is 0.832. The second-order valence-corrected chi connectivity index (χ2v) is 5.46. The van der Waals surface area contributed by atoms with Gasteiger partial charge in [-0.2, -0.15) is 0 Å². The molecule has 94 valence electrons. The molecule has 1 rings (SSSR count). The van der Waals surface area contributed by atoms with Gasteiger partial charge in [0, 0.05) is 19.2 Å². The lowest BCUT2D eigenvalue weighted by molar-refractivity contribution is 0.0963. The Balaban J connectivity index is 3.05. The molecule has 0 fully saturated rings. The molecule has 0 saturated heterocycles. The van der Waals surface area contributed by atoms with Crippen LogP contribution in [0.3, 0.4) is 0 Å². The van der Waals surface area contributed by atoms with Gasteiger partial charge in [-0.3, -0.25) is 9.10 Å². The molecular formula is C11H16N2O3S. The maximum absolute atomic E-state index is 11.5. The summed E-state index contributed by atoms with van der Waals surface area (Å²) in [4.78, 5) is 11.3. The number of nitrogens with one attached hydrogen (secondary N) is 1. The van der Waals surface area contributed by atoms with Crippen molar-refractivity contribution in [2.75, 3.05) is 24.2 Å². The zero-order chi connectivity index (χ0) is 13.1. The van der Waals surface area contributed by atoms with Crippen LogP contribution in [-0.4, -0.2) is 34.2 Å². The van der Waals surface area contributed by atoms with Gasteiger partial charge in [-0.05, 0) is 31.2 Å². The number of benzene rings is 1. The number of anilines is 1. The van der Waals surface area contributed by atoms with Crippen molar-refractivity contribution >= 4 is 21.6 Å². The molecule has 6 heteroatoms. The Hall–Kier alpha value is -1.56. The third-order valence-corrected chi connectivity index (χ3v) is 3.60. The van der Waals surface area contributed by atoms with Gasteiger partial charge >= 0.3 is 0 Å². The normalized spacial score (nSPS) is 11.0. The molecule has 5 nitrogen and oxygen atoms in total. The number of amides is 1. The lowest BCUT2D eigenvalue weighted by Gasteiger charge is -2.20. The fourth-order valence-corrected chi connectivity index (χ4v) is 2.51. The van der Waals surface area contributed by atoms with E-state index < -0.39 is 10.0 Å². The van der Waals surface area contributed by atoms with Crippen molar-refractivity contribution in [1.82, 2.24) is 5.32 Å². The highest BCUT2D eigenvalue weighted by molar-refractivity contribution is 7.92. The van der Waals surface area contributed by atoms with Crippen LogP contribution in [0.15, 0.2) is 24.3 Å². The molecule has 1 aromatic rings. The first-order valence-corrected chi connectivity index (χ1v) is 7.04. The highest BCUT2D eigenvalue weighted by Crippen LogP contribution is 2.17. The molecule has 0 bridgehead atoms. The number of hydrogen-bond donors (Lipinski definition) is 1. The van der Waals surface area contributed by atoms with Crippen molar-refractivity contribution in [3.8, 4) is 0 Å². The van der Waals surface area contributed by atoms with Crippen LogP contribution in [0.25, 0.3) is 0 Å².